The molecule has 0 fully saturated rings. The molecule has 0 aliphatic rings. The molecule has 4 aromatic rings. The highest BCUT2D eigenvalue weighted by molar-refractivity contribution is 7.99. The quantitative estimate of drug-likeness (QED) is 0.327. The number of halogens is 1. The summed E-state index contributed by atoms with van der Waals surface area (Å²) in [5.74, 6) is 1.06. The molecule has 2 aromatic heterocycles. The van der Waals surface area contributed by atoms with E-state index in [0.717, 1.165) is 16.3 Å². The number of nitrogens with zero attached hydrogens (tertiary/aromatic N) is 3. The minimum atomic E-state index is -0.318. The van der Waals surface area contributed by atoms with Crippen LogP contribution < -0.4 is 9.64 Å². The smallest absolute Gasteiger partial charge is 0.229 e. The van der Waals surface area contributed by atoms with Crippen molar-refractivity contribution in [2.24, 2.45) is 0 Å². The van der Waals surface area contributed by atoms with Gasteiger partial charge >= 0.3 is 0 Å². The van der Waals surface area contributed by atoms with E-state index in [4.69, 9.17) is 4.74 Å². The molecule has 0 radical (unpaired) electrons. The maximum absolute atomic E-state index is 13.6. The van der Waals surface area contributed by atoms with Crippen LogP contribution in [0.2, 0.25) is 0 Å². The van der Waals surface area contributed by atoms with E-state index in [1.165, 1.54) is 23.5 Å². The molecule has 2 heterocycles. The molecule has 5 nitrogen and oxygen atoms in total. The molecule has 31 heavy (non-hydrogen) atoms. The Morgan fingerprint density at radius 3 is 2.74 bits per heavy atom. The largest absolute Gasteiger partial charge is 0.497 e. The minimum Gasteiger partial charge on any atom is -0.497 e. The Hall–Kier alpha value is -2.97. The van der Waals surface area contributed by atoms with Gasteiger partial charge in [0.2, 0.25) is 5.91 Å². The van der Waals surface area contributed by atoms with Crippen LogP contribution in [0.25, 0.3) is 10.2 Å². The number of carbonyl (C=O) groups excluding carboxylic acids is 1. The summed E-state index contributed by atoms with van der Waals surface area (Å²) in [7, 11) is 1.63. The van der Waals surface area contributed by atoms with Gasteiger partial charge in [0.1, 0.15) is 11.6 Å². The Morgan fingerprint density at radius 2 is 2.00 bits per heavy atom. The number of methoxy groups -OCH3 is 1. The number of pyridine rings is 1. The number of benzene rings is 2. The topological polar surface area (TPSA) is 55.3 Å². The summed E-state index contributed by atoms with van der Waals surface area (Å²) in [5, 5.41) is 0.547. The Kier molecular flexibility index (Phi) is 6.79. The summed E-state index contributed by atoms with van der Waals surface area (Å²) >= 11 is 2.92. The maximum atomic E-state index is 13.6. The zero-order chi connectivity index (χ0) is 21.6. The summed E-state index contributed by atoms with van der Waals surface area (Å²) in [6, 6.07) is 17.8. The lowest BCUT2D eigenvalue weighted by molar-refractivity contribution is -0.118. The lowest BCUT2D eigenvalue weighted by Crippen LogP contribution is -2.30. The van der Waals surface area contributed by atoms with Crippen LogP contribution in [0.5, 0.6) is 5.75 Å². The molecule has 0 spiro atoms. The highest BCUT2D eigenvalue weighted by atomic mass is 32.2. The van der Waals surface area contributed by atoms with Crippen molar-refractivity contribution in [1.29, 1.82) is 0 Å². The average molecular weight is 454 g/mol. The molecule has 158 valence electrons. The Labute approximate surface area is 187 Å². The zero-order valence-electron chi connectivity index (χ0n) is 16.8. The molecule has 0 aliphatic heterocycles. The van der Waals surface area contributed by atoms with Gasteiger partial charge in [0.25, 0.3) is 0 Å². The van der Waals surface area contributed by atoms with E-state index in [1.54, 1.807) is 36.0 Å². The molecule has 0 bridgehead atoms. The number of aromatic nitrogens is 2. The van der Waals surface area contributed by atoms with Crippen molar-refractivity contribution in [1.82, 2.24) is 9.97 Å². The van der Waals surface area contributed by atoms with Crippen LogP contribution in [0.3, 0.4) is 0 Å². The molecular formula is C23H20FN3O2S2. The summed E-state index contributed by atoms with van der Waals surface area (Å²) in [5.41, 5.74) is 1.44. The van der Waals surface area contributed by atoms with E-state index in [-0.39, 0.29) is 11.7 Å². The molecular weight excluding hydrogens is 433 g/mol. The van der Waals surface area contributed by atoms with Crippen LogP contribution in [-0.4, -0.2) is 28.7 Å². The maximum Gasteiger partial charge on any atom is 0.229 e. The van der Waals surface area contributed by atoms with Gasteiger partial charge in [-0.05, 0) is 54.6 Å². The number of anilines is 1. The molecule has 8 heteroatoms. The second kappa shape index (κ2) is 9.89. The third-order valence-electron chi connectivity index (χ3n) is 4.56. The van der Waals surface area contributed by atoms with Gasteiger partial charge in [-0.2, -0.15) is 0 Å². The number of fused-ring (bicyclic) bond motifs is 1. The molecule has 2 aromatic carbocycles. The number of ether oxygens (including phenoxy) is 1. The van der Waals surface area contributed by atoms with Crippen molar-refractivity contribution < 1.29 is 13.9 Å². The summed E-state index contributed by atoms with van der Waals surface area (Å²) in [6.45, 7) is 0.315. The van der Waals surface area contributed by atoms with Gasteiger partial charge in [0.15, 0.2) is 5.13 Å². The molecule has 4 rings (SSSR count). The summed E-state index contributed by atoms with van der Waals surface area (Å²) < 4.78 is 19.5. The van der Waals surface area contributed by atoms with Gasteiger partial charge in [0, 0.05) is 23.3 Å². The van der Waals surface area contributed by atoms with E-state index in [0.29, 0.717) is 34.1 Å². The molecule has 0 unspecified atom stereocenters. The van der Waals surface area contributed by atoms with Crippen LogP contribution in [0.4, 0.5) is 9.52 Å². The minimum absolute atomic E-state index is 0.0498. The Bertz CT molecular complexity index is 1170. The third-order valence-corrected chi connectivity index (χ3v) is 6.62. The van der Waals surface area contributed by atoms with E-state index in [9.17, 15) is 9.18 Å². The molecule has 0 aliphatic carbocycles. The molecule has 0 atom stereocenters. The van der Waals surface area contributed by atoms with E-state index < -0.39 is 0 Å². The number of thiazole rings is 1. The van der Waals surface area contributed by atoms with E-state index >= 15 is 0 Å². The Balaban J connectivity index is 1.50. The number of hydrogen-bond acceptors (Lipinski definition) is 6. The predicted octanol–water partition coefficient (Wildman–Crippen LogP) is 5.55. The Morgan fingerprint density at radius 1 is 1.16 bits per heavy atom. The van der Waals surface area contributed by atoms with Gasteiger partial charge in [-0.15, -0.1) is 11.8 Å². The first-order valence-electron chi connectivity index (χ1n) is 9.65. The van der Waals surface area contributed by atoms with Crippen molar-refractivity contribution >= 4 is 44.4 Å². The van der Waals surface area contributed by atoms with Crippen LogP contribution in [0.1, 0.15) is 12.1 Å². The van der Waals surface area contributed by atoms with Crippen molar-refractivity contribution in [3.05, 3.63) is 78.4 Å². The number of hydrogen-bond donors (Lipinski definition) is 0. The highest BCUT2D eigenvalue weighted by Crippen LogP contribution is 2.31. The van der Waals surface area contributed by atoms with Crippen molar-refractivity contribution in [3.8, 4) is 5.75 Å². The fourth-order valence-electron chi connectivity index (χ4n) is 2.98. The fourth-order valence-corrected chi connectivity index (χ4v) is 4.83. The normalized spacial score (nSPS) is 10.9. The monoisotopic (exact) mass is 453 g/mol. The molecule has 0 saturated heterocycles. The standard InChI is InChI=1S/C23H20FN3O2S2/c1-29-18-6-8-19(9-7-18)30-13-11-22(28)27(15-17-4-2-3-12-25-17)23-26-20-10-5-16(24)14-21(20)31-23/h2-10,12,14H,11,13,15H2,1H3. The van der Waals surface area contributed by atoms with Crippen molar-refractivity contribution in [3.63, 3.8) is 0 Å². The highest BCUT2D eigenvalue weighted by Gasteiger charge is 2.21. The van der Waals surface area contributed by atoms with Crippen molar-refractivity contribution in [2.45, 2.75) is 17.9 Å². The first kappa shape index (κ1) is 21.3. The van der Waals surface area contributed by atoms with E-state index in [2.05, 4.69) is 9.97 Å². The van der Waals surface area contributed by atoms with Crippen LogP contribution in [0, 0.1) is 5.82 Å². The number of amides is 1. The van der Waals surface area contributed by atoms with Crippen LogP contribution >= 0.6 is 23.1 Å². The number of carbonyl (C=O) groups is 1. The SMILES string of the molecule is COc1ccc(SCCC(=O)N(Cc2ccccn2)c2nc3ccc(F)cc3s2)cc1. The first-order valence-corrected chi connectivity index (χ1v) is 11.5. The van der Waals surface area contributed by atoms with Crippen LogP contribution in [-0.2, 0) is 11.3 Å². The van der Waals surface area contributed by atoms with Crippen LogP contribution in [0.15, 0.2) is 71.8 Å². The van der Waals surface area contributed by atoms with Gasteiger partial charge in [-0.3, -0.25) is 14.7 Å². The lowest BCUT2D eigenvalue weighted by atomic mass is 10.3. The average Bonchev–Trinajstić information content (AvgIpc) is 3.21. The second-order valence-electron chi connectivity index (χ2n) is 6.68. The zero-order valence-corrected chi connectivity index (χ0v) is 18.5. The van der Waals surface area contributed by atoms with Gasteiger partial charge in [-0.25, -0.2) is 9.37 Å². The second-order valence-corrected chi connectivity index (χ2v) is 8.86. The molecule has 1 amide bonds. The first-order chi connectivity index (χ1) is 15.1. The molecule has 0 saturated carbocycles. The van der Waals surface area contributed by atoms with Gasteiger partial charge in [0.05, 0.1) is 29.6 Å². The summed E-state index contributed by atoms with van der Waals surface area (Å²) in [6.07, 6.45) is 2.04. The lowest BCUT2D eigenvalue weighted by Gasteiger charge is -2.19. The van der Waals surface area contributed by atoms with Crippen molar-refractivity contribution in [2.75, 3.05) is 17.8 Å². The third kappa shape index (κ3) is 5.39. The fraction of sp³-hybridized carbons (Fsp3) is 0.174. The molecule has 0 N–H and O–H groups in total. The van der Waals surface area contributed by atoms with E-state index in [1.807, 2.05) is 42.5 Å². The van der Waals surface area contributed by atoms with Gasteiger partial charge in [-0.1, -0.05) is 17.4 Å². The van der Waals surface area contributed by atoms with Gasteiger partial charge < -0.3 is 4.74 Å². The number of thioether (sulfide) groups is 1. The predicted molar refractivity (Wildman–Crippen MR) is 123 cm³/mol. The number of rotatable bonds is 8. The summed E-state index contributed by atoms with van der Waals surface area (Å²) in [4.78, 5) is 24.8.